The van der Waals surface area contributed by atoms with E-state index < -0.39 is 5.91 Å². The number of amides is 1. The maximum atomic E-state index is 10.9. The number of carbonyl (C=O) groups excluding carboxylic acids is 1. The van der Waals surface area contributed by atoms with Gasteiger partial charge in [0.15, 0.2) is 0 Å². The zero-order valence-electron chi connectivity index (χ0n) is 9.81. The van der Waals surface area contributed by atoms with Gasteiger partial charge in [0.05, 0.1) is 6.10 Å². The Morgan fingerprint density at radius 2 is 2.00 bits per heavy atom. The van der Waals surface area contributed by atoms with Crippen LogP contribution in [0.15, 0.2) is 29.8 Å². The van der Waals surface area contributed by atoms with E-state index in [9.17, 15) is 4.79 Å². The Kier molecular flexibility index (Phi) is 4.29. The minimum atomic E-state index is -0.727. The van der Waals surface area contributed by atoms with Gasteiger partial charge in [0.2, 0.25) is 0 Å². The summed E-state index contributed by atoms with van der Waals surface area (Å²) in [6.07, 6.45) is 1.55. The van der Waals surface area contributed by atoms with Crippen LogP contribution in [-0.2, 0) is 4.79 Å². The molecule has 0 aliphatic carbocycles. The molecule has 0 spiro atoms. The summed E-state index contributed by atoms with van der Waals surface area (Å²) in [4.78, 5) is 10.9. The van der Waals surface area contributed by atoms with Crippen LogP contribution in [0.1, 0.15) is 19.4 Å². The molecule has 0 unspecified atom stereocenters. The van der Waals surface area contributed by atoms with Crippen LogP contribution in [0.3, 0.4) is 0 Å². The monoisotopic (exact) mass is 230 g/mol. The van der Waals surface area contributed by atoms with E-state index in [1.165, 1.54) is 6.08 Å². The van der Waals surface area contributed by atoms with Gasteiger partial charge in [0.25, 0.3) is 5.91 Å². The van der Waals surface area contributed by atoms with Crippen molar-refractivity contribution in [2.24, 2.45) is 5.73 Å². The summed E-state index contributed by atoms with van der Waals surface area (Å²) in [5, 5.41) is 8.69. The number of hydrogen-bond donors (Lipinski definition) is 1. The van der Waals surface area contributed by atoms with Crippen LogP contribution in [0, 0.1) is 11.3 Å². The van der Waals surface area contributed by atoms with Crippen LogP contribution >= 0.6 is 0 Å². The highest BCUT2D eigenvalue weighted by Crippen LogP contribution is 2.15. The number of primary amides is 1. The lowest BCUT2D eigenvalue weighted by atomic mass is 10.1. The topological polar surface area (TPSA) is 76.1 Å². The molecule has 0 saturated carbocycles. The highest BCUT2D eigenvalue weighted by Gasteiger charge is 2.03. The standard InChI is InChI=1S/C13H14N2O2/c1-9(2)17-12-5-3-10(4-6-12)7-11(8-14)13(15)16/h3-7,9H,1-2H3,(H2,15,16)/b11-7+. The highest BCUT2D eigenvalue weighted by atomic mass is 16.5. The number of nitriles is 1. The summed E-state index contributed by atoms with van der Waals surface area (Å²) in [5.74, 6) is 0.0183. The maximum absolute atomic E-state index is 10.9. The second-order valence-corrected chi connectivity index (χ2v) is 3.77. The number of nitrogens with two attached hydrogens (primary N) is 1. The lowest BCUT2D eigenvalue weighted by Gasteiger charge is -2.09. The minimum absolute atomic E-state index is 0.0671. The van der Waals surface area contributed by atoms with Gasteiger partial charge in [-0.2, -0.15) is 5.26 Å². The predicted octanol–water partition coefficient (Wildman–Crippen LogP) is 1.87. The van der Waals surface area contributed by atoms with E-state index >= 15 is 0 Å². The first-order chi connectivity index (χ1) is 8.02. The molecule has 0 bridgehead atoms. The minimum Gasteiger partial charge on any atom is -0.491 e. The first-order valence-electron chi connectivity index (χ1n) is 5.21. The van der Waals surface area contributed by atoms with Gasteiger partial charge in [0, 0.05) is 0 Å². The van der Waals surface area contributed by atoms with E-state index in [0.717, 1.165) is 11.3 Å². The molecule has 0 aliphatic rings. The Labute approximate surface area is 100 Å². The second kappa shape index (κ2) is 5.71. The molecule has 1 aromatic carbocycles. The predicted molar refractivity (Wildman–Crippen MR) is 65.0 cm³/mol. The van der Waals surface area contributed by atoms with Crippen LogP contribution in [0.4, 0.5) is 0 Å². The molecule has 0 radical (unpaired) electrons. The second-order valence-electron chi connectivity index (χ2n) is 3.77. The van der Waals surface area contributed by atoms with Crippen molar-refractivity contribution in [2.75, 3.05) is 0 Å². The molecule has 0 fully saturated rings. The lowest BCUT2D eigenvalue weighted by molar-refractivity contribution is -0.114. The maximum Gasteiger partial charge on any atom is 0.259 e. The fourth-order valence-electron chi connectivity index (χ4n) is 1.24. The third-order valence-electron chi connectivity index (χ3n) is 1.95. The van der Waals surface area contributed by atoms with Gasteiger partial charge in [-0.05, 0) is 37.6 Å². The van der Waals surface area contributed by atoms with Crippen molar-refractivity contribution >= 4 is 12.0 Å². The van der Waals surface area contributed by atoms with Crippen molar-refractivity contribution in [3.8, 4) is 11.8 Å². The molecule has 0 heterocycles. The lowest BCUT2D eigenvalue weighted by Crippen LogP contribution is -2.12. The van der Waals surface area contributed by atoms with E-state index in [2.05, 4.69) is 0 Å². The quantitative estimate of drug-likeness (QED) is 0.633. The molecule has 2 N–H and O–H groups in total. The van der Waals surface area contributed by atoms with Gasteiger partial charge in [-0.3, -0.25) is 4.79 Å². The van der Waals surface area contributed by atoms with Crippen molar-refractivity contribution in [1.82, 2.24) is 0 Å². The zero-order chi connectivity index (χ0) is 12.8. The Bertz CT molecular complexity index is 467. The molecule has 88 valence electrons. The molecule has 0 aliphatic heterocycles. The summed E-state index contributed by atoms with van der Waals surface area (Å²) in [7, 11) is 0. The molecule has 1 rings (SSSR count). The van der Waals surface area contributed by atoms with Gasteiger partial charge in [-0.1, -0.05) is 12.1 Å². The fraction of sp³-hybridized carbons (Fsp3) is 0.231. The Hall–Kier alpha value is -2.28. The summed E-state index contributed by atoms with van der Waals surface area (Å²) >= 11 is 0. The van der Waals surface area contributed by atoms with Gasteiger partial charge in [0.1, 0.15) is 17.4 Å². The van der Waals surface area contributed by atoms with Crippen LogP contribution in [0.25, 0.3) is 6.08 Å². The van der Waals surface area contributed by atoms with Crippen molar-refractivity contribution in [3.63, 3.8) is 0 Å². The molecule has 4 heteroatoms. The Morgan fingerprint density at radius 3 is 2.41 bits per heavy atom. The molecule has 0 aromatic heterocycles. The summed E-state index contributed by atoms with van der Waals surface area (Å²) in [6.45, 7) is 3.88. The molecule has 4 nitrogen and oxygen atoms in total. The number of hydrogen-bond acceptors (Lipinski definition) is 3. The molecule has 0 saturated heterocycles. The smallest absolute Gasteiger partial charge is 0.259 e. The van der Waals surface area contributed by atoms with Crippen molar-refractivity contribution in [2.45, 2.75) is 20.0 Å². The molecule has 17 heavy (non-hydrogen) atoms. The van der Waals surface area contributed by atoms with Gasteiger partial charge in [-0.25, -0.2) is 0 Å². The van der Waals surface area contributed by atoms with Crippen molar-refractivity contribution in [1.29, 1.82) is 5.26 Å². The van der Waals surface area contributed by atoms with Crippen molar-refractivity contribution in [3.05, 3.63) is 35.4 Å². The van der Waals surface area contributed by atoms with E-state index in [-0.39, 0.29) is 11.7 Å². The molecule has 1 amide bonds. The largest absolute Gasteiger partial charge is 0.491 e. The number of ether oxygens (including phenoxy) is 1. The first kappa shape index (κ1) is 12.8. The number of benzene rings is 1. The average Bonchev–Trinajstić information content (AvgIpc) is 2.26. The summed E-state index contributed by atoms with van der Waals surface area (Å²) in [5.41, 5.74) is 5.70. The van der Waals surface area contributed by atoms with E-state index in [1.807, 2.05) is 13.8 Å². The molecule has 1 aromatic rings. The van der Waals surface area contributed by atoms with Crippen LogP contribution < -0.4 is 10.5 Å². The van der Waals surface area contributed by atoms with Gasteiger partial charge in [-0.15, -0.1) is 0 Å². The van der Waals surface area contributed by atoms with Crippen LogP contribution in [0.5, 0.6) is 5.75 Å². The fourth-order valence-corrected chi connectivity index (χ4v) is 1.24. The third-order valence-corrected chi connectivity index (χ3v) is 1.95. The summed E-state index contributed by atoms with van der Waals surface area (Å²) < 4.78 is 5.47. The average molecular weight is 230 g/mol. The van der Waals surface area contributed by atoms with Crippen LogP contribution in [0.2, 0.25) is 0 Å². The molecule has 0 atom stereocenters. The van der Waals surface area contributed by atoms with E-state index in [0.29, 0.717) is 0 Å². The Morgan fingerprint density at radius 1 is 1.41 bits per heavy atom. The highest BCUT2D eigenvalue weighted by molar-refractivity contribution is 6.00. The third kappa shape index (κ3) is 3.99. The zero-order valence-corrected chi connectivity index (χ0v) is 9.81. The summed E-state index contributed by atoms with van der Waals surface area (Å²) in [6, 6.07) is 8.84. The van der Waals surface area contributed by atoms with E-state index in [1.54, 1.807) is 30.3 Å². The molecular weight excluding hydrogens is 216 g/mol. The normalized spacial score (nSPS) is 11.1. The molecular formula is C13H14N2O2. The Balaban J connectivity index is 2.88. The van der Waals surface area contributed by atoms with Crippen molar-refractivity contribution < 1.29 is 9.53 Å². The first-order valence-corrected chi connectivity index (χ1v) is 5.21. The number of carbonyl (C=O) groups is 1. The van der Waals surface area contributed by atoms with E-state index in [4.69, 9.17) is 15.7 Å². The van der Waals surface area contributed by atoms with Gasteiger partial charge < -0.3 is 10.5 Å². The SMILES string of the molecule is CC(C)Oc1ccc(/C=C(\C#N)C(N)=O)cc1. The van der Waals surface area contributed by atoms with Gasteiger partial charge >= 0.3 is 0 Å². The van der Waals surface area contributed by atoms with Crippen LogP contribution in [-0.4, -0.2) is 12.0 Å². The number of nitrogens with zero attached hydrogens (tertiary/aromatic N) is 1. The number of rotatable bonds is 4.